The minimum atomic E-state index is -0.243. The van der Waals surface area contributed by atoms with Crippen LogP contribution >= 0.6 is 0 Å². The molecule has 0 fully saturated rings. The molecule has 0 saturated heterocycles. The topological polar surface area (TPSA) is 75.3 Å². The molecule has 0 spiro atoms. The van der Waals surface area contributed by atoms with Crippen molar-refractivity contribution in [1.29, 1.82) is 5.26 Å². The van der Waals surface area contributed by atoms with Gasteiger partial charge >= 0.3 is 0 Å². The van der Waals surface area contributed by atoms with E-state index in [1.54, 1.807) is 48.5 Å². The number of hydrogen-bond donors (Lipinski definition) is 1. The molecule has 1 amide bonds. The van der Waals surface area contributed by atoms with Crippen LogP contribution in [0.4, 0.5) is 5.69 Å². The minimum absolute atomic E-state index is 0.243. The number of rotatable bonds is 5. The van der Waals surface area contributed by atoms with Gasteiger partial charge < -0.3 is 14.5 Å². The molecule has 0 bridgehead atoms. The molecule has 1 aromatic heterocycles. The Morgan fingerprint density at radius 1 is 1.07 bits per heavy atom. The molecule has 2 aromatic carbocycles. The molecule has 5 nitrogen and oxygen atoms in total. The fourth-order valence-electron chi connectivity index (χ4n) is 2.45. The summed E-state index contributed by atoms with van der Waals surface area (Å²) >= 11 is 0. The van der Waals surface area contributed by atoms with Crippen LogP contribution in [0.1, 0.15) is 22.6 Å². The van der Waals surface area contributed by atoms with Crippen LogP contribution in [-0.4, -0.2) is 5.91 Å². The highest BCUT2D eigenvalue weighted by molar-refractivity contribution is 6.02. The number of hydrogen-bond acceptors (Lipinski definition) is 4. The second-order valence-electron chi connectivity index (χ2n) is 5.99. The third kappa shape index (κ3) is 4.86. The molecule has 27 heavy (non-hydrogen) atoms. The molecule has 0 unspecified atom stereocenters. The molecular weight excluding hydrogens is 340 g/mol. The van der Waals surface area contributed by atoms with E-state index in [1.165, 1.54) is 6.08 Å². The van der Waals surface area contributed by atoms with E-state index in [1.807, 2.05) is 26.0 Å². The molecule has 5 heteroatoms. The Bertz CT molecular complexity index is 1020. The smallest absolute Gasteiger partial charge is 0.248 e. The molecule has 0 radical (unpaired) electrons. The van der Waals surface area contributed by atoms with Crippen LogP contribution in [0.3, 0.4) is 0 Å². The van der Waals surface area contributed by atoms with Crippen LogP contribution < -0.4 is 10.1 Å². The largest absolute Gasteiger partial charge is 0.462 e. The number of anilines is 1. The summed E-state index contributed by atoms with van der Waals surface area (Å²) in [4.78, 5) is 12.1. The molecule has 3 rings (SSSR count). The van der Waals surface area contributed by atoms with Crippen molar-refractivity contribution in [3.05, 3.63) is 83.3 Å². The molecule has 0 aliphatic heterocycles. The van der Waals surface area contributed by atoms with Gasteiger partial charge in [0.15, 0.2) is 0 Å². The molecular formula is C22H18N2O3. The number of carbonyl (C=O) groups is 1. The van der Waals surface area contributed by atoms with E-state index in [2.05, 4.69) is 11.4 Å². The lowest BCUT2D eigenvalue weighted by molar-refractivity contribution is -0.111. The van der Waals surface area contributed by atoms with Crippen LogP contribution in [0.5, 0.6) is 11.5 Å². The molecule has 1 N–H and O–H groups in total. The first-order valence-electron chi connectivity index (χ1n) is 8.37. The summed E-state index contributed by atoms with van der Waals surface area (Å²) in [5.74, 6) is 2.47. The summed E-state index contributed by atoms with van der Waals surface area (Å²) in [5, 5.41) is 11.7. The van der Waals surface area contributed by atoms with Gasteiger partial charge in [-0.1, -0.05) is 0 Å². The van der Waals surface area contributed by atoms with E-state index >= 15 is 0 Å². The molecule has 0 saturated carbocycles. The Labute approximate surface area is 157 Å². The summed E-state index contributed by atoms with van der Waals surface area (Å²) in [6, 6.07) is 18.0. The highest BCUT2D eigenvalue weighted by Crippen LogP contribution is 2.26. The van der Waals surface area contributed by atoms with Crippen molar-refractivity contribution in [1.82, 2.24) is 0 Å². The van der Waals surface area contributed by atoms with Crippen molar-refractivity contribution < 1.29 is 13.9 Å². The molecule has 3 aromatic rings. The van der Waals surface area contributed by atoms with Crippen LogP contribution in [0, 0.1) is 25.2 Å². The Kier molecular flexibility index (Phi) is 5.38. The number of aryl methyl sites for hydroxylation is 2. The number of carbonyl (C=O) groups excluding carboxylic acids is 1. The van der Waals surface area contributed by atoms with E-state index in [0.29, 0.717) is 28.5 Å². The lowest BCUT2D eigenvalue weighted by atomic mass is 10.2. The Morgan fingerprint density at radius 2 is 1.81 bits per heavy atom. The average Bonchev–Trinajstić information content (AvgIpc) is 3.08. The summed E-state index contributed by atoms with van der Waals surface area (Å²) in [5.41, 5.74) is 2.15. The van der Waals surface area contributed by atoms with Gasteiger partial charge in [0.1, 0.15) is 23.0 Å². The monoisotopic (exact) mass is 358 g/mol. The van der Waals surface area contributed by atoms with Crippen LogP contribution in [0.25, 0.3) is 6.08 Å². The number of benzene rings is 2. The van der Waals surface area contributed by atoms with Crippen molar-refractivity contribution in [2.75, 3.05) is 5.32 Å². The lowest BCUT2D eigenvalue weighted by Gasteiger charge is -2.10. The van der Waals surface area contributed by atoms with E-state index in [-0.39, 0.29) is 5.91 Å². The third-order valence-electron chi connectivity index (χ3n) is 3.83. The maximum atomic E-state index is 12.1. The van der Waals surface area contributed by atoms with Crippen LogP contribution in [-0.2, 0) is 4.79 Å². The van der Waals surface area contributed by atoms with Gasteiger partial charge in [-0.3, -0.25) is 4.79 Å². The SMILES string of the molecule is Cc1ccc(C=CC(=O)Nc2ccc(Oc3ccc(C#N)cc3)cc2C)o1. The number of amides is 1. The normalized spacial score (nSPS) is 10.6. The van der Waals surface area contributed by atoms with Gasteiger partial charge in [-0.2, -0.15) is 5.26 Å². The first kappa shape index (κ1) is 18.0. The Balaban J connectivity index is 1.64. The van der Waals surface area contributed by atoms with Crippen molar-refractivity contribution in [2.45, 2.75) is 13.8 Å². The highest BCUT2D eigenvalue weighted by atomic mass is 16.5. The second-order valence-corrected chi connectivity index (χ2v) is 5.99. The minimum Gasteiger partial charge on any atom is -0.462 e. The zero-order chi connectivity index (χ0) is 19.2. The number of nitrogens with one attached hydrogen (secondary N) is 1. The summed E-state index contributed by atoms with van der Waals surface area (Å²) in [6.45, 7) is 3.74. The number of ether oxygens (including phenoxy) is 1. The summed E-state index contributed by atoms with van der Waals surface area (Å²) in [7, 11) is 0. The van der Waals surface area contributed by atoms with Gasteiger partial charge in [0.25, 0.3) is 0 Å². The zero-order valence-corrected chi connectivity index (χ0v) is 15.0. The molecule has 0 atom stereocenters. The highest BCUT2D eigenvalue weighted by Gasteiger charge is 2.05. The predicted molar refractivity (Wildman–Crippen MR) is 104 cm³/mol. The van der Waals surface area contributed by atoms with Crippen molar-refractivity contribution >= 4 is 17.7 Å². The number of furan rings is 1. The van der Waals surface area contributed by atoms with Gasteiger partial charge in [-0.25, -0.2) is 0 Å². The Hall–Kier alpha value is -3.78. The van der Waals surface area contributed by atoms with Crippen molar-refractivity contribution in [3.8, 4) is 17.6 Å². The maximum Gasteiger partial charge on any atom is 0.248 e. The second kappa shape index (κ2) is 8.07. The van der Waals surface area contributed by atoms with Gasteiger partial charge in [-0.05, 0) is 80.1 Å². The van der Waals surface area contributed by atoms with Crippen molar-refractivity contribution in [3.63, 3.8) is 0 Å². The summed E-state index contributed by atoms with van der Waals surface area (Å²) in [6.07, 6.45) is 3.05. The molecule has 0 aliphatic carbocycles. The molecule has 1 heterocycles. The zero-order valence-electron chi connectivity index (χ0n) is 15.0. The van der Waals surface area contributed by atoms with Gasteiger partial charge in [0.2, 0.25) is 5.91 Å². The van der Waals surface area contributed by atoms with E-state index < -0.39 is 0 Å². The average molecular weight is 358 g/mol. The predicted octanol–water partition coefficient (Wildman–Crippen LogP) is 5.21. The van der Waals surface area contributed by atoms with Crippen molar-refractivity contribution in [2.24, 2.45) is 0 Å². The lowest BCUT2D eigenvalue weighted by Crippen LogP contribution is -2.08. The third-order valence-corrected chi connectivity index (χ3v) is 3.83. The fourth-order valence-corrected chi connectivity index (χ4v) is 2.45. The van der Waals surface area contributed by atoms with Gasteiger partial charge in [0.05, 0.1) is 11.6 Å². The first-order valence-corrected chi connectivity index (χ1v) is 8.37. The number of nitriles is 1. The Morgan fingerprint density at radius 3 is 2.44 bits per heavy atom. The van der Waals surface area contributed by atoms with E-state index in [4.69, 9.17) is 14.4 Å². The molecule has 0 aliphatic rings. The summed E-state index contributed by atoms with van der Waals surface area (Å²) < 4.78 is 11.2. The van der Waals surface area contributed by atoms with Gasteiger partial charge in [0, 0.05) is 11.8 Å². The van der Waals surface area contributed by atoms with Crippen LogP contribution in [0.2, 0.25) is 0 Å². The van der Waals surface area contributed by atoms with Crippen LogP contribution in [0.15, 0.2) is 65.1 Å². The van der Waals surface area contributed by atoms with E-state index in [0.717, 1.165) is 11.3 Å². The standard InChI is InChI=1S/C22H18N2O3/c1-15-13-20(27-19-7-4-17(14-23)5-8-19)9-11-21(15)24-22(25)12-10-18-6-3-16(2)26-18/h3-13H,1-2H3,(H,24,25). The number of nitrogens with zero attached hydrogens (tertiary/aromatic N) is 1. The first-order chi connectivity index (χ1) is 13.0. The van der Waals surface area contributed by atoms with E-state index in [9.17, 15) is 4.79 Å². The molecule has 134 valence electrons. The quantitative estimate of drug-likeness (QED) is 0.635. The van der Waals surface area contributed by atoms with Gasteiger partial charge in [-0.15, -0.1) is 0 Å². The fraction of sp³-hybridized carbons (Fsp3) is 0.0909. The maximum absolute atomic E-state index is 12.1.